The molecule has 0 bridgehead atoms. The summed E-state index contributed by atoms with van der Waals surface area (Å²) in [6.07, 6.45) is 1.64. The molecule has 0 aliphatic rings. The normalized spacial score (nSPS) is 10.6. The van der Waals surface area contributed by atoms with Gasteiger partial charge in [-0.2, -0.15) is 0 Å². The molecule has 2 heterocycles. The fraction of sp³-hybridized carbons (Fsp3) is 0.167. The molecule has 0 atom stereocenters. The highest BCUT2D eigenvalue weighted by atomic mass is 32.2. The Hall–Kier alpha value is -2.80. The Kier molecular flexibility index (Phi) is 5.04. The lowest BCUT2D eigenvalue weighted by atomic mass is 10.2. The number of amides is 1. The maximum Gasteiger partial charge on any atom is 0.258 e. The van der Waals surface area contributed by atoms with E-state index in [9.17, 15) is 9.90 Å². The average molecular weight is 355 g/mol. The van der Waals surface area contributed by atoms with Crippen LogP contribution in [-0.2, 0) is 5.75 Å². The first-order valence-corrected chi connectivity index (χ1v) is 8.62. The molecule has 0 unspecified atom stereocenters. The first-order valence-electron chi connectivity index (χ1n) is 7.64. The van der Waals surface area contributed by atoms with E-state index < -0.39 is 0 Å². The highest BCUT2D eigenvalue weighted by Gasteiger charge is 2.15. The number of hydrogen-bond acceptors (Lipinski definition) is 6. The maximum atomic E-state index is 12.6. The van der Waals surface area contributed by atoms with Crippen molar-refractivity contribution in [3.8, 4) is 5.75 Å². The molecule has 3 rings (SSSR count). The van der Waals surface area contributed by atoms with Gasteiger partial charge >= 0.3 is 0 Å². The second kappa shape index (κ2) is 7.40. The lowest BCUT2D eigenvalue weighted by molar-refractivity contribution is 0.102. The zero-order valence-corrected chi connectivity index (χ0v) is 14.6. The Labute approximate surface area is 149 Å². The molecule has 2 N–H and O–H groups in total. The van der Waals surface area contributed by atoms with Gasteiger partial charge < -0.3 is 14.9 Å². The number of aromatic nitrogens is 2. The van der Waals surface area contributed by atoms with Gasteiger partial charge in [-0.15, -0.1) is 0 Å². The standard InChI is InChI=1S/C18H17N3O3S/c1-11-5-6-15(16(22)8-11)20-17(23)14-4-3-7-19-18(14)25-10-13-9-12(2)24-21-13/h3-9,22H,10H2,1-2H3,(H,20,23). The molecule has 0 radical (unpaired) electrons. The van der Waals surface area contributed by atoms with E-state index >= 15 is 0 Å². The maximum absolute atomic E-state index is 12.6. The summed E-state index contributed by atoms with van der Waals surface area (Å²) in [6.45, 7) is 3.70. The van der Waals surface area contributed by atoms with Crippen molar-refractivity contribution < 1.29 is 14.4 Å². The van der Waals surface area contributed by atoms with Crippen molar-refractivity contribution in [1.82, 2.24) is 10.1 Å². The largest absolute Gasteiger partial charge is 0.506 e. The zero-order chi connectivity index (χ0) is 17.8. The van der Waals surface area contributed by atoms with Gasteiger partial charge in [-0.1, -0.05) is 23.0 Å². The molecule has 7 heteroatoms. The highest BCUT2D eigenvalue weighted by molar-refractivity contribution is 7.98. The van der Waals surface area contributed by atoms with Crippen molar-refractivity contribution in [1.29, 1.82) is 0 Å². The second-order valence-electron chi connectivity index (χ2n) is 5.55. The van der Waals surface area contributed by atoms with Crippen LogP contribution in [0.25, 0.3) is 0 Å². The number of pyridine rings is 1. The van der Waals surface area contributed by atoms with Crippen LogP contribution in [0.4, 0.5) is 5.69 Å². The number of phenolic OH excluding ortho intramolecular Hbond substituents is 1. The Balaban J connectivity index is 1.76. The first-order chi connectivity index (χ1) is 12.0. The summed E-state index contributed by atoms with van der Waals surface area (Å²) in [5, 5.41) is 17.2. The van der Waals surface area contributed by atoms with Crippen LogP contribution >= 0.6 is 11.8 Å². The third-order valence-corrected chi connectivity index (χ3v) is 4.49. The number of carbonyl (C=O) groups is 1. The molecule has 0 spiro atoms. The Bertz CT molecular complexity index is 908. The SMILES string of the molecule is Cc1ccc(NC(=O)c2cccnc2SCc2cc(C)on2)c(O)c1. The lowest BCUT2D eigenvalue weighted by Gasteiger charge is -2.10. The fourth-order valence-corrected chi connectivity index (χ4v) is 3.12. The molecule has 0 saturated heterocycles. The molecule has 0 fully saturated rings. The van der Waals surface area contributed by atoms with E-state index in [1.54, 1.807) is 30.5 Å². The number of nitrogens with zero attached hydrogens (tertiary/aromatic N) is 2. The molecule has 0 saturated carbocycles. The smallest absolute Gasteiger partial charge is 0.258 e. The molecule has 1 aromatic carbocycles. The molecule has 128 valence electrons. The van der Waals surface area contributed by atoms with Gasteiger partial charge in [-0.3, -0.25) is 4.79 Å². The second-order valence-corrected chi connectivity index (χ2v) is 6.51. The Morgan fingerprint density at radius 3 is 2.84 bits per heavy atom. The van der Waals surface area contributed by atoms with Crippen LogP contribution in [0, 0.1) is 13.8 Å². The zero-order valence-electron chi connectivity index (χ0n) is 13.8. The van der Waals surface area contributed by atoms with Crippen LogP contribution in [0.2, 0.25) is 0 Å². The van der Waals surface area contributed by atoms with Gasteiger partial charge in [0.2, 0.25) is 0 Å². The van der Waals surface area contributed by atoms with Crippen molar-refractivity contribution in [2.75, 3.05) is 5.32 Å². The van der Waals surface area contributed by atoms with Crippen LogP contribution in [0.5, 0.6) is 5.75 Å². The lowest BCUT2D eigenvalue weighted by Crippen LogP contribution is -2.13. The summed E-state index contributed by atoms with van der Waals surface area (Å²) in [7, 11) is 0. The van der Waals surface area contributed by atoms with Crippen molar-refractivity contribution in [2.45, 2.75) is 24.6 Å². The van der Waals surface area contributed by atoms with E-state index in [0.717, 1.165) is 17.0 Å². The van der Waals surface area contributed by atoms with Gasteiger partial charge in [0.1, 0.15) is 16.5 Å². The van der Waals surface area contributed by atoms with Gasteiger partial charge in [-0.05, 0) is 43.7 Å². The van der Waals surface area contributed by atoms with Gasteiger partial charge in [0.15, 0.2) is 0 Å². The summed E-state index contributed by atoms with van der Waals surface area (Å²) in [5.41, 5.74) is 2.50. The Morgan fingerprint density at radius 1 is 1.28 bits per heavy atom. The van der Waals surface area contributed by atoms with Crippen LogP contribution in [0.3, 0.4) is 0 Å². The number of aromatic hydroxyl groups is 1. The Morgan fingerprint density at radius 2 is 2.12 bits per heavy atom. The topological polar surface area (TPSA) is 88.3 Å². The number of carbonyl (C=O) groups excluding carboxylic acids is 1. The summed E-state index contributed by atoms with van der Waals surface area (Å²) in [4.78, 5) is 16.9. The number of rotatable bonds is 5. The van der Waals surface area contributed by atoms with Crippen LogP contribution in [0.15, 0.2) is 52.1 Å². The third kappa shape index (κ3) is 4.19. The molecule has 1 amide bonds. The molecule has 0 aliphatic carbocycles. The van der Waals surface area contributed by atoms with Gasteiger partial charge in [-0.25, -0.2) is 4.98 Å². The van der Waals surface area contributed by atoms with Crippen LogP contribution in [0.1, 0.15) is 27.4 Å². The van der Waals surface area contributed by atoms with Gasteiger partial charge in [0.05, 0.1) is 16.9 Å². The molecule has 25 heavy (non-hydrogen) atoms. The number of phenols is 1. The highest BCUT2D eigenvalue weighted by Crippen LogP contribution is 2.27. The number of nitrogens with one attached hydrogen (secondary N) is 1. The first kappa shape index (κ1) is 17.0. The fourth-order valence-electron chi connectivity index (χ4n) is 2.24. The molecular weight excluding hydrogens is 338 g/mol. The van der Waals surface area contributed by atoms with E-state index in [4.69, 9.17) is 4.52 Å². The number of benzene rings is 1. The quantitative estimate of drug-likeness (QED) is 0.532. The summed E-state index contributed by atoms with van der Waals surface area (Å²) < 4.78 is 5.04. The van der Waals surface area contributed by atoms with Crippen molar-refractivity contribution >= 4 is 23.4 Å². The monoisotopic (exact) mass is 355 g/mol. The predicted molar refractivity (Wildman–Crippen MR) is 95.8 cm³/mol. The van der Waals surface area contributed by atoms with Gasteiger partial charge in [0.25, 0.3) is 5.91 Å². The van der Waals surface area contributed by atoms with E-state index in [2.05, 4.69) is 15.5 Å². The van der Waals surface area contributed by atoms with Crippen LogP contribution in [-0.4, -0.2) is 21.2 Å². The van der Waals surface area contributed by atoms with E-state index in [0.29, 0.717) is 22.0 Å². The summed E-state index contributed by atoms with van der Waals surface area (Å²) in [6, 6.07) is 10.3. The number of aryl methyl sites for hydroxylation is 2. The van der Waals surface area contributed by atoms with Crippen molar-refractivity contribution in [3.05, 3.63) is 65.2 Å². The number of thioether (sulfide) groups is 1. The summed E-state index contributed by atoms with van der Waals surface area (Å²) in [5.74, 6) is 0.991. The molecule has 0 aliphatic heterocycles. The van der Waals surface area contributed by atoms with E-state index in [1.807, 2.05) is 26.0 Å². The average Bonchev–Trinajstić information content (AvgIpc) is 3.01. The molecule has 2 aromatic heterocycles. The minimum Gasteiger partial charge on any atom is -0.506 e. The minimum absolute atomic E-state index is 0.0320. The number of hydrogen-bond donors (Lipinski definition) is 2. The molecule has 6 nitrogen and oxygen atoms in total. The van der Waals surface area contributed by atoms with Crippen molar-refractivity contribution in [2.24, 2.45) is 0 Å². The molecule has 3 aromatic rings. The number of anilines is 1. The van der Waals surface area contributed by atoms with Crippen LogP contribution < -0.4 is 5.32 Å². The molecular formula is C18H17N3O3S. The minimum atomic E-state index is -0.328. The van der Waals surface area contributed by atoms with Gasteiger partial charge in [0, 0.05) is 18.0 Å². The van der Waals surface area contributed by atoms with Crippen molar-refractivity contribution in [3.63, 3.8) is 0 Å². The van der Waals surface area contributed by atoms with E-state index in [-0.39, 0.29) is 11.7 Å². The summed E-state index contributed by atoms with van der Waals surface area (Å²) >= 11 is 1.40. The third-order valence-electron chi connectivity index (χ3n) is 3.45. The predicted octanol–water partition coefficient (Wildman–Crippen LogP) is 3.94. The van der Waals surface area contributed by atoms with E-state index in [1.165, 1.54) is 11.8 Å².